The summed E-state index contributed by atoms with van der Waals surface area (Å²) >= 11 is 0. The van der Waals surface area contributed by atoms with Crippen molar-refractivity contribution in [1.29, 1.82) is 0 Å². The van der Waals surface area contributed by atoms with Crippen LogP contribution in [0.4, 0.5) is 16.4 Å². The molecular formula is C50H51N7O9. The molecule has 4 aliphatic rings. The topological polar surface area (TPSA) is 184 Å². The lowest BCUT2D eigenvalue weighted by Crippen LogP contribution is -2.60. The molecule has 4 aliphatic heterocycles. The SMILES string of the molecule is COC(=O)[C@@H](NC(=O)N1C(=O)[C@@]2(c3ccccc31)[C@H](C(=O)N1CCN(c3ncccn3)CC1)[C@H]1C(=O)O[C@H](c3ccccc3)[C@H](c3ccccc3)N1[C@@H]2c1ccc(OCCO)cc1)C(C)C. The number of nitrogens with one attached hydrogen (secondary N) is 1. The third-order valence-corrected chi connectivity index (χ3v) is 13.2. The van der Waals surface area contributed by atoms with Gasteiger partial charge >= 0.3 is 18.0 Å². The Morgan fingerprint density at radius 1 is 0.803 bits per heavy atom. The fourth-order valence-electron chi connectivity index (χ4n) is 10.4. The zero-order valence-corrected chi connectivity index (χ0v) is 36.8. The fourth-order valence-corrected chi connectivity index (χ4v) is 10.4. The minimum absolute atomic E-state index is 0.0424. The largest absolute Gasteiger partial charge is 0.491 e. The minimum atomic E-state index is -1.96. The van der Waals surface area contributed by atoms with Crippen LogP contribution in [-0.2, 0) is 34.1 Å². The molecule has 0 unspecified atom stereocenters. The second-order valence-corrected chi connectivity index (χ2v) is 17.1. The van der Waals surface area contributed by atoms with Gasteiger partial charge in [-0.3, -0.25) is 19.3 Å². The number of aromatic nitrogens is 2. The third kappa shape index (κ3) is 7.49. The van der Waals surface area contributed by atoms with Gasteiger partial charge in [-0.2, -0.15) is 0 Å². The molecule has 9 rings (SSSR count). The number of anilines is 2. The number of rotatable bonds is 11. The molecule has 66 heavy (non-hydrogen) atoms. The Kier molecular flexibility index (Phi) is 12.3. The molecule has 5 aromatic rings. The van der Waals surface area contributed by atoms with E-state index < -0.39 is 77.3 Å². The van der Waals surface area contributed by atoms with Gasteiger partial charge in [-0.05, 0) is 52.4 Å². The van der Waals surface area contributed by atoms with Gasteiger partial charge in [0, 0.05) is 38.6 Å². The van der Waals surface area contributed by atoms with Crippen molar-refractivity contribution in [3.05, 3.63) is 150 Å². The Labute approximate surface area is 382 Å². The summed E-state index contributed by atoms with van der Waals surface area (Å²) < 4.78 is 17.4. The van der Waals surface area contributed by atoms with E-state index in [0.717, 1.165) is 10.5 Å². The van der Waals surface area contributed by atoms with Crippen LogP contribution < -0.4 is 19.9 Å². The normalized spacial score (nSPS) is 24.1. The number of benzene rings is 4. The first-order valence-corrected chi connectivity index (χ1v) is 22.1. The molecule has 5 heterocycles. The van der Waals surface area contributed by atoms with Gasteiger partial charge in [0.25, 0.3) is 0 Å². The quantitative estimate of drug-likeness (QED) is 0.173. The van der Waals surface area contributed by atoms with Crippen molar-refractivity contribution < 1.29 is 43.3 Å². The van der Waals surface area contributed by atoms with Gasteiger partial charge in [-0.15, -0.1) is 0 Å². The molecule has 340 valence electrons. The lowest BCUT2D eigenvalue weighted by Gasteiger charge is -2.46. The number of aliphatic hydroxyl groups is 1. The molecule has 4 aromatic carbocycles. The monoisotopic (exact) mass is 893 g/mol. The van der Waals surface area contributed by atoms with Gasteiger partial charge in [0.2, 0.25) is 17.8 Å². The average Bonchev–Trinajstić information content (AvgIpc) is 3.82. The second-order valence-electron chi connectivity index (χ2n) is 17.1. The van der Waals surface area contributed by atoms with Gasteiger partial charge in [0.15, 0.2) is 0 Å². The second kappa shape index (κ2) is 18.4. The number of fused-ring (bicyclic) bond motifs is 3. The number of carbonyl (C=O) groups excluding carboxylic acids is 5. The van der Waals surface area contributed by atoms with E-state index in [0.29, 0.717) is 41.5 Å². The molecule has 1 spiro atoms. The van der Waals surface area contributed by atoms with E-state index in [4.69, 9.17) is 14.2 Å². The van der Waals surface area contributed by atoms with E-state index >= 15 is 14.4 Å². The number of hydrogen-bond donors (Lipinski definition) is 2. The number of hydrogen-bond acceptors (Lipinski definition) is 13. The van der Waals surface area contributed by atoms with Crippen LogP contribution in [0.1, 0.15) is 54.3 Å². The number of piperazine rings is 1. The average molecular weight is 894 g/mol. The van der Waals surface area contributed by atoms with Crippen LogP contribution in [0.25, 0.3) is 0 Å². The molecule has 16 heteroatoms. The van der Waals surface area contributed by atoms with Crippen LogP contribution in [0, 0.1) is 11.8 Å². The Balaban J connectivity index is 1.28. The number of urea groups is 1. The van der Waals surface area contributed by atoms with E-state index in [-0.39, 0.29) is 32.0 Å². The van der Waals surface area contributed by atoms with Gasteiger partial charge in [-0.1, -0.05) is 105 Å². The Bertz CT molecular complexity index is 2580. The smallest absolute Gasteiger partial charge is 0.329 e. The number of para-hydroxylation sites is 1. The van der Waals surface area contributed by atoms with Crippen LogP contribution >= 0.6 is 0 Å². The van der Waals surface area contributed by atoms with Crippen molar-refractivity contribution in [3.63, 3.8) is 0 Å². The molecule has 16 nitrogen and oxygen atoms in total. The summed E-state index contributed by atoms with van der Waals surface area (Å²) in [4.78, 5) is 91.2. The maximum atomic E-state index is 16.4. The standard InChI is InChI=1S/C50H51N7O9/c1-31(2)39(45(60)64-3)53-49(63)56-37-18-11-10-17-36(37)50(47(56)62)38(44(59)54-25-27-55(28-26-54)48-51-23-12-24-52-48)41-46(61)66-42(33-15-8-5-9-16-33)40(32-13-6-4-7-14-32)57(41)43(50)34-19-21-35(22-20-34)65-30-29-58/h4-24,31,38-43,58H,25-30H2,1-3H3,(H,53,63)/t38-,39-,40-,41-,42+,43+,50-/m0/s1. The summed E-state index contributed by atoms with van der Waals surface area (Å²) in [7, 11) is 1.22. The highest BCUT2D eigenvalue weighted by atomic mass is 16.6. The molecule has 3 fully saturated rings. The minimum Gasteiger partial charge on any atom is -0.491 e. The predicted octanol–water partition coefficient (Wildman–Crippen LogP) is 4.77. The summed E-state index contributed by atoms with van der Waals surface area (Å²) in [6, 6.07) is 29.3. The molecule has 0 radical (unpaired) electrons. The van der Waals surface area contributed by atoms with E-state index in [1.54, 1.807) is 85.7 Å². The summed E-state index contributed by atoms with van der Waals surface area (Å²) in [5, 5.41) is 12.3. The fraction of sp³-hybridized carbons (Fsp3) is 0.340. The summed E-state index contributed by atoms with van der Waals surface area (Å²) in [5.41, 5.74) is 0.624. The molecule has 0 bridgehead atoms. The first kappa shape index (κ1) is 44.1. The number of ether oxygens (including phenoxy) is 3. The Morgan fingerprint density at radius 3 is 2.08 bits per heavy atom. The van der Waals surface area contributed by atoms with Crippen LogP contribution in [0.5, 0.6) is 5.75 Å². The van der Waals surface area contributed by atoms with Crippen molar-refractivity contribution in [2.75, 3.05) is 56.3 Å². The lowest BCUT2D eigenvalue weighted by molar-refractivity contribution is -0.179. The molecule has 4 amide bonds. The number of methoxy groups -OCH3 is 1. The molecule has 0 aliphatic carbocycles. The van der Waals surface area contributed by atoms with Gasteiger partial charge in [0.1, 0.15) is 36.0 Å². The number of amides is 4. The molecular weight excluding hydrogens is 843 g/mol. The first-order valence-electron chi connectivity index (χ1n) is 22.1. The van der Waals surface area contributed by atoms with Crippen LogP contribution in [0.3, 0.4) is 0 Å². The number of cyclic esters (lactones) is 1. The summed E-state index contributed by atoms with van der Waals surface area (Å²) in [6.45, 7) is 4.52. The van der Waals surface area contributed by atoms with Crippen molar-refractivity contribution >= 4 is 41.4 Å². The van der Waals surface area contributed by atoms with Gasteiger partial charge in [0.05, 0.1) is 37.4 Å². The first-order chi connectivity index (χ1) is 32.1. The number of nitrogens with zero attached hydrogens (tertiary/aromatic N) is 6. The summed E-state index contributed by atoms with van der Waals surface area (Å²) in [5.74, 6) is -3.52. The molecule has 0 saturated carbocycles. The van der Waals surface area contributed by atoms with Crippen molar-refractivity contribution in [1.82, 2.24) is 25.1 Å². The third-order valence-electron chi connectivity index (χ3n) is 13.2. The highest BCUT2D eigenvalue weighted by Crippen LogP contribution is 2.66. The zero-order chi connectivity index (χ0) is 46.1. The maximum Gasteiger partial charge on any atom is 0.329 e. The maximum absolute atomic E-state index is 16.4. The van der Waals surface area contributed by atoms with E-state index in [1.807, 2.05) is 70.5 Å². The van der Waals surface area contributed by atoms with Crippen LogP contribution in [-0.4, -0.2) is 113 Å². The highest BCUT2D eigenvalue weighted by Gasteiger charge is 2.76. The van der Waals surface area contributed by atoms with E-state index in [9.17, 15) is 14.7 Å². The Morgan fingerprint density at radius 2 is 1.44 bits per heavy atom. The molecule has 1 aromatic heterocycles. The molecule has 2 N–H and O–H groups in total. The van der Waals surface area contributed by atoms with Crippen molar-refractivity contribution in [2.45, 2.75) is 49.5 Å². The highest BCUT2D eigenvalue weighted by molar-refractivity contribution is 6.25. The van der Waals surface area contributed by atoms with Crippen LogP contribution in [0.15, 0.2) is 128 Å². The Hall–Kier alpha value is -7.17. The van der Waals surface area contributed by atoms with Gasteiger partial charge < -0.3 is 34.4 Å². The number of esters is 2. The number of aliphatic hydroxyl groups excluding tert-OH is 1. The van der Waals surface area contributed by atoms with Crippen molar-refractivity contribution in [3.8, 4) is 5.75 Å². The summed E-state index contributed by atoms with van der Waals surface area (Å²) in [6.07, 6.45) is 2.41. The van der Waals surface area contributed by atoms with Gasteiger partial charge in [-0.25, -0.2) is 24.5 Å². The molecule has 3 saturated heterocycles. The van der Waals surface area contributed by atoms with E-state index in [2.05, 4.69) is 15.3 Å². The number of morpholine rings is 1. The number of imide groups is 1. The van der Waals surface area contributed by atoms with Crippen LogP contribution in [0.2, 0.25) is 0 Å². The predicted molar refractivity (Wildman–Crippen MR) is 241 cm³/mol. The lowest BCUT2D eigenvalue weighted by atomic mass is 9.65. The molecule has 7 atom stereocenters. The number of carbonyl (C=O) groups is 5. The van der Waals surface area contributed by atoms with Crippen molar-refractivity contribution in [2.24, 2.45) is 11.8 Å². The zero-order valence-electron chi connectivity index (χ0n) is 36.8. The van der Waals surface area contributed by atoms with E-state index in [1.165, 1.54) is 7.11 Å².